The lowest BCUT2D eigenvalue weighted by Gasteiger charge is -2.09. The van der Waals surface area contributed by atoms with E-state index in [0.29, 0.717) is 11.3 Å². The molecule has 0 fully saturated rings. The van der Waals surface area contributed by atoms with Gasteiger partial charge in [-0.05, 0) is 52.7 Å². The molecule has 7 heteroatoms. The lowest BCUT2D eigenvalue weighted by atomic mass is 10.1. The van der Waals surface area contributed by atoms with Crippen LogP contribution in [-0.2, 0) is 11.2 Å². The molecule has 1 N–H and O–H groups in total. The van der Waals surface area contributed by atoms with Crippen molar-refractivity contribution in [1.29, 1.82) is 5.26 Å². The van der Waals surface area contributed by atoms with E-state index in [0.717, 1.165) is 16.8 Å². The molecule has 1 aromatic heterocycles. The Morgan fingerprint density at radius 3 is 2.71 bits per heavy atom. The number of hydrogen-bond donors (Lipinski definition) is 1. The summed E-state index contributed by atoms with van der Waals surface area (Å²) in [7, 11) is 0. The van der Waals surface area contributed by atoms with Crippen LogP contribution in [0.5, 0.6) is 0 Å². The second-order valence-corrected chi connectivity index (χ2v) is 5.24. The van der Waals surface area contributed by atoms with Crippen molar-refractivity contribution in [2.75, 3.05) is 5.32 Å². The van der Waals surface area contributed by atoms with Crippen LogP contribution < -0.4 is 5.32 Å². The fraction of sp³-hybridized carbons (Fsp3) is 0.118. The second-order valence-electron chi connectivity index (χ2n) is 5.24. The quantitative estimate of drug-likeness (QED) is 0.794. The number of tetrazole rings is 1. The summed E-state index contributed by atoms with van der Waals surface area (Å²) < 4.78 is 1.54. The lowest BCUT2D eigenvalue weighted by molar-refractivity contribution is -0.115. The highest BCUT2D eigenvalue weighted by atomic mass is 16.1. The Bertz CT molecular complexity index is 894. The summed E-state index contributed by atoms with van der Waals surface area (Å²) in [5, 5.41) is 22.9. The summed E-state index contributed by atoms with van der Waals surface area (Å²) in [5.74, 6) is -0.136. The molecule has 0 atom stereocenters. The van der Waals surface area contributed by atoms with Crippen molar-refractivity contribution in [3.05, 3.63) is 65.5 Å². The van der Waals surface area contributed by atoms with Gasteiger partial charge in [0.2, 0.25) is 5.91 Å². The standard InChI is InChI=1S/C17H14N6O/c1-12-14(10-18)3-2-4-16(12)20-17(24)9-13-5-7-15(8-6-13)23-11-19-21-22-23/h2-8,11H,9H2,1H3,(H,20,24). The molecule has 1 amide bonds. The Hall–Kier alpha value is -3.53. The molecule has 3 aromatic rings. The molecule has 0 aliphatic heterocycles. The summed E-state index contributed by atoms with van der Waals surface area (Å²) in [6.07, 6.45) is 1.75. The molecule has 0 spiro atoms. The summed E-state index contributed by atoms with van der Waals surface area (Å²) in [6.45, 7) is 1.81. The topological polar surface area (TPSA) is 96.5 Å². The Morgan fingerprint density at radius 2 is 2.04 bits per heavy atom. The number of nitrogens with zero attached hydrogens (tertiary/aromatic N) is 5. The zero-order valence-corrected chi connectivity index (χ0v) is 13.0. The molecule has 0 bridgehead atoms. The maximum atomic E-state index is 12.2. The van der Waals surface area contributed by atoms with Crippen LogP contribution in [0.25, 0.3) is 5.69 Å². The van der Waals surface area contributed by atoms with Gasteiger partial charge in [0.05, 0.1) is 23.7 Å². The van der Waals surface area contributed by atoms with Gasteiger partial charge in [-0.2, -0.15) is 5.26 Å². The average molecular weight is 318 g/mol. The van der Waals surface area contributed by atoms with Gasteiger partial charge in [0.1, 0.15) is 6.33 Å². The highest BCUT2D eigenvalue weighted by molar-refractivity contribution is 5.93. The first kappa shape index (κ1) is 15.4. The third-order valence-corrected chi connectivity index (χ3v) is 3.64. The van der Waals surface area contributed by atoms with Gasteiger partial charge in [0.15, 0.2) is 0 Å². The van der Waals surface area contributed by atoms with Crippen molar-refractivity contribution in [2.45, 2.75) is 13.3 Å². The van der Waals surface area contributed by atoms with E-state index < -0.39 is 0 Å². The number of rotatable bonds is 4. The number of anilines is 1. The number of carbonyl (C=O) groups excluding carboxylic acids is 1. The van der Waals surface area contributed by atoms with Crippen molar-refractivity contribution in [3.8, 4) is 11.8 Å². The first-order valence-electron chi connectivity index (χ1n) is 7.29. The molecule has 3 rings (SSSR count). The highest BCUT2D eigenvalue weighted by Crippen LogP contribution is 2.18. The highest BCUT2D eigenvalue weighted by Gasteiger charge is 2.08. The Kier molecular flexibility index (Phi) is 4.29. The predicted octanol–water partition coefficient (Wildman–Crippen LogP) is 2.02. The van der Waals surface area contributed by atoms with E-state index in [4.69, 9.17) is 5.26 Å². The zero-order chi connectivity index (χ0) is 16.9. The van der Waals surface area contributed by atoms with Crippen LogP contribution >= 0.6 is 0 Å². The molecule has 0 saturated heterocycles. The number of nitriles is 1. The van der Waals surface area contributed by atoms with Gasteiger partial charge in [-0.15, -0.1) is 5.10 Å². The Labute approximate surface area is 138 Å². The molecular weight excluding hydrogens is 304 g/mol. The molecule has 24 heavy (non-hydrogen) atoms. The molecule has 118 valence electrons. The minimum Gasteiger partial charge on any atom is -0.326 e. The fourth-order valence-corrected chi connectivity index (χ4v) is 2.32. The largest absolute Gasteiger partial charge is 0.326 e. The molecule has 0 radical (unpaired) electrons. The minimum atomic E-state index is -0.136. The van der Waals surface area contributed by atoms with Crippen LogP contribution in [0.3, 0.4) is 0 Å². The zero-order valence-electron chi connectivity index (χ0n) is 13.0. The Balaban J connectivity index is 1.68. The minimum absolute atomic E-state index is 0.136. The molecule has 2 aromatic carbocycles. The van der Waals surface area contributed by atoms with Gasteiger partial charge in [-0.25, -0.2) is 4.68 Å². The monoisotopic (exact) mass is 318 g/mol. The van der Waals surface area contributed by atoms with Gasteiger partial charge >= 0.3 is 0 Å². The summed E-state index contributed by atoms with van der Waals surface area (Å²) in [5.41, 5.74) is 3.67. The number of benzene rings is 2. The van der Waals surface area contributed by atoms with Crippen LogP contribution in [0.15, 0.2) is 48.8 Å². The van der Waals surface area contributed by atoms with Gasteiger partial charge in [0, 0.05) is 5.69 Å². The van der Waals surface area contributed by atoms with Gasteiger partial charge in [-0.1, -0.05) is 18.2 Å². The van der Waals surface area contributed by atoms with Gasteiger partial charge in [0.25, 0.3) is 0 Å². The molecule has 7 nitrogen and oxygen atoms in total. The SMILES string of the molecule is Cc1c(C#N)cccc1NC(=O)Cc1ccc(-n2cnnn2)cc1. The first-order valence-corrected chi connectivity index (χ1v) is 7.29. The lowest BCUT2D eigenvalue weighted by Crippen LogP contribution is -2.15. The molecule has 0 aliphatic carbocycles. The van der Waals surface area contributed by atoms with E-state index in [2.05, 4.69) is 26.9 Å². The van der Waals surface area contributed by atoms with E-state index in [1.54, 1.807) is 22.9 Å². The van der Waals surface area contributed by atoms with E-state index in [-0.39, 0.29) is 12.3 Å². The number of carbonyl (C=O) groups is 1. The van der Waals surface area contributed by atoms with Crippen molar-refractivity contribution in [2.24, 2.45) is 0 Å². The van der Waals surface area contributed by atoms with Crippen molar-refractivity contribution < 1.29 is 4.79 Å². The third kappa shape index (κ3) is 3.28. The van der Waals surface area contributed by atoms with Gasteiger partial charge in [-0.3, -0.25) is 4.79 Å². The van der Waals surface area contributed by atoms with Crippen LogP contribution in [0.2, 0.25) is 0 Å². The maximum Gasteiger partial charge on any atom is 0.228 e. The third-order valence-electron chi connectivity index (χ3n) is 3.64. The summed E-state index contributed by atoms with van der Waals surface area (Å²) >= 11 is 0. The van der Waals surface area contributed by atoms with Gasteiger partial charge < -0.3 is 5.32 Å². The second kappa shape index (κ2) is 6.71. The van der Waals surface area contributed by atoms with Crippen molar-refractivity contribution in [1.82, 2.24) is 20.2 Å². The van der Waals surface area contributed by atoms with Crippen LogP contribution in [-0.4, -0.2) is 26.1 Å². The normalized spacial score (nSPS) is 10.2. The fourth-order valence-electron chi connectivity index (χ4n) is 2.32. The molecule has 0 unspecified atom stereocenters. The number of amides is 1. The summed E-state index contributed by atoms with van der Waals surface area (Å²) in [4.78, 5) is 12.2. The summed E-state index contributed by atoms with van der Waals surface area (Å²) in [6, 6.07) is 14.8. The maximum absolute atomic E-state index is 12.2. The van der Waals surface area contributed by atoms with E-state index in [9.17, 15) is 4.79 Å². The number of hydrogen-bond acceptors (Lipinski definition) is 5. The molecule has 0 aliphatic rings. The molecular formula is C17H14N6O. The Morgan fingerprint density at radius 1 is 1.25 bits per heavy atom. The van der Waals surface area contributed by atoms with Crippen molar-refractivity contribution >= 4 is 11.6 Å². The van der Waals surface area contributed by atoms with E-state index >= 15 is 0 Å². The number of aromatic nitrogens is 4. The molecule has 1 heterocycles. The van der Waals surface area contributed by atoms with Crippen LogP contribution in [0, 0.1) is 18.3 Å². The average Bonchev–Trinajstić information content (AvgIpc) is 3.12. The predicted molar refractivity (Wildman–Crippen MR) is 87.4 cm³/mol. The van der Waals surface area contributed by atoms with E-state index in [1.165, 1.54) is 6.33 Å². The smallest absolute Gasteiger partial charge is 0.228 e. The van der Waals surface area contributed by atoms with E-state index in [1.807, 2.05) is 31.2 Å². The van der Waals surface area contributed by atoms with Crippen LogP contribution in [0.4, 0.5) is 5.69 Å². The number of nitrogens with one attached hydrogen (secondary N) is 1. The van der Waals surface area contributed by atoms with Crippen molar-refractivity contribution in [3.63, 3.8) is 0 Å². The first-order chi connectivity index (χ1) is 11.7. The van der Waals surface area contributed by atoms with Crippen LogP contribution in [0.1, 0.15) is 16.7 Å². The molecule has 0 saturated carbocycles.